The Morgan fingerprint density at radius 1 is 0.887 bits per heavy atom. The van der Waals surface area contributed by atoms with E-state index in [4.69, 9.17) is 9.47 Å². The van der Waals surface area contributed by atoms with Crippen LogP contribution in [0, 0.1) is 0 Å². The number of amides is 1. The summed E-state index contributed by atoms with van der Waals surface area (Å²) in [5, 5.41) is 17.1. The Bertz CT molecular complexity index is 2350. The van der Waals surface area contributed by atoms with Crippen molar-refractivity contribution in [2.75, 3.05) is 77.1 Å². The van der Waals surface area contributed by atoms with Gasteiger partial charge in [0, 0.05) is 97.9 Å². The van der Waals surface area contributed by atoms with Gasteiger partial charge < -0.3 is 29.5 Å². The smallest absolute Gasteiger partial charge is 0.744 e. The number of unbranched alkanes of at least 4 members (excludes halogenated alkanes) is 5. The number of nitrogens with zero attached hydrogens (tertiary/aromatic N) is 5. The van der Waals surface area contributed by atoms with E-state index < -0.39 is 20.9 Å². The van der Waals surface area contributed by atoms with Crippen LogP contribution in [0.1, 0.15) is 116 Å². The van der Waals surface area contributed by atoms with E-state index >= 15 is 0 Å². The molecular weight excluding hydrogens is 999 g/mol. The summed E-state index contributed by atoms with van der Waals surface area (Å²) in [5.74, 6) is -0.277. The fourth-order valence-electron chi connectivity index (χ4n) is 9.04. The van der Waals surface area contributed by atoms with Crippen LogP contribution in [0.2, 0.25) is 0 Å². The van der Waals surface area contributed by atoms with Crippen LogP contribution in [0.25, 0.3) is 0 Å². The minimum atomic E-state index is -4.59. The molecule has 1 fully saturated rings. The Morgan fingerprint density at radius 3 is 2.35 bits per heavy atom. The predicted octanol–water partition coefficient (Wildman–Crippen LogP) is 1.48. The van der Waals surface area contributed by atoms with Crippen molar-refractivity contribution in [2.45, 2.75) is 126 Å². The van der Waals surface area contributed by atoms with Gasteiger partial charge in [-0.05, 0) is 108 Å². The van der Waals surface area contributed by atoms with Crippen LogP contribution in [0.3, 0.4) is 0 Å². The van der Waals surface area contributed by atoms with Gasteiger partial charge in [-0.1, -0.05) is 38.5 Å². The van der Waals surface area contributed by atoms with Crippen molar-refractivity contribution in [1.82, 2.24) is 10.2 Å². The topological polar surface area (TPSA) is 198 Å². The van der Waals surface area contributed by atoms with Gasteiger partial charge in [-0.3, -0.25) is 19.5 Å². The third-order valence-corrected chi connectivity index (χ3v) is 14.2. The predicted molar refractivity (Wildman–Crippen MR) is 266 cm³/mol. The first-order chi connectivity index (χ1) is 33.2. The maximum Gasteiger partial charge on any atom is 1.00 e. The Morgan fingerprint density at radius 2 is 1.62 bits per heavy atom. The zero-order valence-electron chi connectivity index (χ0n) is 43.0. The van der Waals surface area contributed by atoms with Crippen molar-refractivity contribution in [3.8, 4) is 0 Å². The molecule has 0 aromatic heterocycles. The van der Waals surface area contributed by atoms with E-state index in [0.717, 1.165) is 148 Å². The Labute approximate surface area is 511 Å². The molecule has 1 N–H and O–H groups in total. The fraction of sp³-hybridized carbons (Fsp3) is 0.569. The third-order valence-electron chi connectivity index (χ3n) is 12.8. The van der Waals surface area contributed by atoms with Crippen LogP contribution in [-0.4, -0.2) is 118 Å². The maximum absolute atomic E-state index is 12.6. The molecule has 2 aromatic rings. The molecule has 0 unspecified atom stereocenters. The number of rotatable bonds is 29. The van der Waals surface area contributed by atoms with Gasteiger partial charge in [-0.25, -0.2) is 18.4 Å². The minimum Gasteiger partial charge on any atom is -0.744 e. The molecule has 71 heavy (non-hydrogen) atoms. The summed E-state index contributed by atoms with van der Waals surface area (Å²) >= 11 is 0.855. The summed E-state index contributed by atoms with van der Waals surface area (Å²) < 4.78 is 53.1. The number of hydrogen-bond donors (Lipinski definition) is 1. The SMILES string of the molecule is CCN1\C(=C/C=C/C=C/C2=[N+](CCCCCC(=O)NCCCC(=O)OCCCCCCN=C=NCCCN3CCOCC3)c3ccc(SOO[O-])cc3C2(C)C)C(C)(C)c2cc(S(=O)(=O)[O-])ccc21.[K+].[K+]. The average Bonchev–Trinajstić information content (AvgIpc) is 3.67. The summed E-state index contributed by atoms with van der Waals surface area (Å²) in [6.45, 7) is 18.7. The average molecular weight is 1070 g/mol. The normalized spacial score (nSPS) is 16.7. The molecule has 0 spiro atoms. The maximum atomic E-state index is 12.6. The molecule has 0 aliphatic carbocycles. The fourth-order valence-corrected chi connectivity index (χ4v) is 9.94. The molecule has 20 heteroatoms. The number of carbonyl (C=O) groups excluding carboxylic acids is 2. The molecule has 5 rings (SSSR count). The number of ether oxygens (including phenoxy) is 2. The molecule has 2 aromatic carbocycles. The molecule has 0 bridgehead atoms. The van der Waals surface area contributed by atoms with E-state index in [0.29, 0.717) is 39.1 Å². The number of fused-ring (bicyclic) bond motifs is 2. The summed E-state index contributed by atoms with van der Waals surface area (Å²) in [6.07, 6.45) is 18.4. The summed E-state index contributed by atoms with van der Waals surface area (Å²) in [5.41, 5.74) is 4.92. The number of aliphatic imine (C=N–C) groups is 2. The summed E-state index contributed by atoms with van der Waals surface area (Å²) in [6, 6.07) is 13.3. The molecule has 16 nitrogen and oxygen atoms in total. The van der Waals surface area contributed by atoms with Gasteiger partial charge in [0.25, 0.3) is 0 Å². The number of benzene rings is 2. The van der Waals surface area contributed by atoms with E-state index in [-0.39, 0.29) is 126 Å². The van der Waals surface area contributed by atoms with Crippen molar-refractivity contribution in [1.29, 1.82) is 0 Å². The van der Waals surface area contributed by atoms with Crippen molar-refractivity contribution in [2.24, 2.45) is 9.98 Å². The number of carbonyl (C=O) groups is 2. The molecule has 3 aliphatic heterocycles. The molecule has 0 atom stereocenters. The number of morpholine rings is 1. The second-order valence-corrected chi connectivity index (χ2v) is 20.6. The van der Waals surface area contributed by atoms with E-state index in [2.05, 4.69) is 65.0 Å². The number of likely N-dealkylation sites (N-methyl/N-ethyl adjacent to an activating group) is 1. The van der Waals surface area contributed by atoms with Gasteiger partial charge in [0.2, 0.25) is 11.6 Å². The van der Waals surface area contributed by atoms with Crippen LogP contribution in [0.15, 0.2) is 92.3 Å². The van der Waals surface area contributed by atoms with Crippen molar-refractivity contribution < 1.29 is 154 Å². The number of nitrogens with one attached hydrogen (secondary N) is 1. The monoisotopic (exact) mass is 1070 g/mol. The second-order valence-electron chi connectivity index (χ2n) is 18.4. The quantitative estimate of drug-likeness (QED) is 0.0118. The van der Waals surface area contributed by atoms with E-state index in [1.807, 2.05) is 63.3 Å². The molecule has 1 saturated heterocycles. The first kappa shape index (κ1) is 64.1. The van der Waals surface area contributed by atoms with Gasteiger partial charge in [0.1, 0.15) is 16.7 Å². The molecule has 0 saturated carbocycles. The number of esters is 1. The standard InChI is InChI=1S/C51H72N6O10S2.2K/c1-6-56-44-26-24-41(69(61,62)63)38-43(44)51(4,5)46(56)19-11-9-12-20-47-50(2,3)42-37-40(68-67-66-60)23-25-45(42)57(47)31-15-10-13-21-48(58)54-29-17-22-49(59)65-34-16-8-7-14-27-52-39-53-28-18-30-55-32-35-64-36-33-55;;/h9,11-12,19-20,23-26,37-38H,6-8,10,13-18,21-22,27-36H2,1-5H3,(H2-,54,58,60,61,62,63);;/q;2*+1/p-1. The van der Waals surface area contributed by atoms with Gasteiger partial charge in [0.05, 0.1) is 54.7 Å². The molecule has 378 valence electrons. The summed E-state index contributed by atoms with van der Waals surface area (Å²) in [4.78, 5) is 38.4. The Hall–Kier alpha value is -1.22. The second kappa shape index (κ2) is 33.1. The van der Waals surface area contributed by atoms with Crippen LogP contribution in [-0.2, 0) is 49.4 Å². The molecule has 3 aliphatic rings. The summed E-state index contributed by atoms with van der Waals surface area (Å²) in [7, 11) is -4.59. The van der Waals surface area contributed by atoms with Gasteiger partial charge in [-0.2, -0.15) is 8.91 Å². The van der Waals surface area contributed by atoms with Gasteiger partial charge >= 0.3 is 109 Å². The molecular formula is C51H71K2N6O10S2+. The third kappa shape index (κ3) is 20.0. The Kier molecular flexibility index (Phi) is 29.8. The number of hydrogen-bond acceptors (Lipinski definition) is 15. The van der Waals surface area contributed by atoms with Crippen LogP contribution in [0.4, 0.5) is 11.4 Å². The zero-order valence-corrected chi connectivity index (χ0v) is 50.9. The van der Waals surface area contributed by atoms with E-state index in [1.54, 1.807) is 6.07 Å². The zero-order chi connectivity index (χ0) is 49.7. The minimum absolute atomic E-state index is 0. The van der Waals surface area contributed by atoms with Crippen LogP contribution < -0.4 is 118 Å². The first-order valence-electron chi connectivity index (χ1n) is 24.3. The Balaban J connectivity index is 0.00000666. The largest absolute Gasteiger partial charge is 1.00 e. The van der Waals surface area contributed by atoms with Crippen molar-refractivity contribution in [3.05, 3.63) is 83.6 Å². The van der Waals surface area contributed by atoms with E-state index in [1.165, 1.54) is 12.1 Å². The number of allylic oxidation sites excluding steroid dienone is 6. The van der Waals surface area contributed by atoms with Gasteiger partial charge in [0.15, 0.2) is 5.71 Å². The van der Waals surface area contributed by atoms with E-state index in [9.17, 15) is 27.8 Å². The molecule has 3 heterocycles. The number of anilines is 1. The molecule has 0 radical (unpaired) electrons. The molecule has 1 amide bonds. The van der Waals surface area contributed by atoms with Gasteiger partial charge in [-0.15, -0.1) is 0 Å². The van der Waals surface area contributed by atoms with Crippen molar-refractivity contribution in [3.63, 3.8) is 0 Å². The van der Waals surface area contributed by atoms with Crippen LogP contribution >= 0.6 is 12.0 Å². The van der Waals surface area contributed by atoms with Crippen molar-refractivity contribution >= 4 is 57.1 Å². The van der Waals surface area contributed by atoms with Crippen LogP contribution in [0.5, 0.6) is 0 Å². The first-order valence-corrected chi connectivity index (χ1v) is 26.5.